The van der Waals surface area contributed by atoms with E-state index in [4.69, 9.17) is 0 Å². The zero-order valence-electron chi connectivity index (χ0n) is 15.0. The van der Waals surface area contributed by atoms with Crippen molar-refractivity contribution in [1.29, 1.82) is 0 Å². The first-order valence-electron chi connectivity index (χ1n) is 8.63. The molecule has 152 valence electrons. The Balaban J connectivity index is 1.58. The van der Waals surface area contributed by atoms with E-state index in [1.54, 1.807) is 18.2 Å². The Labute approximate surface area is 186 Å². The number of alkyl halides is 3. The third-order valence-corrected chi connectivity index (χ3v) is 5.38. The quantitative estimate of drug-likeness (QED) is 0.312. The average molecular weight is 539 g/mol. The molecule has 0 radical (unpaired) electrons. The van der Waals surface area contributed by atoms with Gasteiger partial charge in [0.05, 0.1) is 15.7 Å². The van der Waals surface area contributed by atoms with Gasteiger partial charge in [0.25, 0.3) is 5.91 Å². The smallest absolute Gasteiger partial charge is 0.322 e. The summed E-state index contributed by atoms with van der Waals surface area (Å²) in [4.78, 5) is 17.0. The molecule has 0 aliphatic carbocycles. The molecule has 4 nitrogen and oxygen atoms in total. The van der Waals surface area contributed by atoms with Crippen molar-refractivity contribution >= 4 is 49.1 Å². The van der Waals surface area contributed by atoms with Crippen molar-refractivity contribution in [2.75, 3.05) is 5.32 Å². The van der Waals surface area contributed by atoms with E-state index in [0.717, 1.165) is 44.4 Å². The molecule has 30 heavy (non-hydrogen) atoms. The summed E-state index contributed by atoms with van der Waals surface area (Å²) in [6.45, 7) is 0. The van der Waals surface area contributed by atoms with Gasteiger partial charge in [-0.2, -0.15) is 13.2 Å². The van der Waals surface area contributed by atoms with Crippen LogP contribution in [0, 0.1) is 0 Å². The molecule has 0 saturated heterocycles. The number of fused-ring (bicyclic) bond motifs is 1. The number of hydrogen-bond acceptors (Lipinski definition) is 2. The van der Waals surface area contributed by atoms with E-state index in [1.807, 2.05) is 28.9 Å². The molecule has 0 spiro atoms. The fourth-order valence-electron chi connectivity index (χ4n) is 2.93. The number of pyridine rings is 1. The number of anilines is 1. The van der Waals surface area contributed by atoms with Crippen molar-refractivity contribution < 1.29 is 18.0 Å². The highest BCUT2D eigenvalue weighted by Gasteiger charge is 2.30. The molecule has 2 aromatic heterocycles. The number of nitrogens with zero attached hydrogens (tertiary/aromatic N) is 2. The van der Waals surface area contributed by atoms with Gasteiger partial charge in [-0.1, -0.05) is 12.1 Å². The number of carbonyl (C=O) groups is 1. The summed E-state index contributed by atoms with van der Waals surface area (Å²) in [5.41, 5.74) is 2.08. The molecule has 0 bridgehead atoms. The van der Waals surface area contributed by atoms with Crippen LogP contribution in [-0.4, -0.2) is 15.3 Å². The van der Waals surface area contributed by atoms with Gasteiger partial charge >= 0.3 is 6.18 Å². The predicted molar refractivity (Wildman–Crippen MR) is 115 cm³/mol. The molecule has 9 heteroatoms. The summed E-state index contributed by atoms with van der Waals surface area (Å²) >= 11 is 6.92. The first-order chi connectivity index (χ1) is 14.2. The number of nitrogens with one attached hydrogen (secondary N) is 1. The summed E-state index contributed by atoms with van der Waals surface area (Å²) in [7, 11) is 0. The Kier molecular flexibility index (Phi) is 5.42. The molecule has 0 aliphatic rings. The van der Waals surface area contributed by atoms with E-state index in [0.29, 0.717) is 11.4 Å². The second kappa shape index (κ2) is 7.88. The average Bonchev–Trinajstić information content (AvgIpc) is 3.12. The fraction of sp³-hybridized carbons (Fsp3) is 0.0476. The summed E-state index contributed by atoms with van der Waals surface area (Å²) < 4.78 is 41.6. The number of imidazole rings is 1. The second-order valence-corrected chi connectivity index (χ2v) is 8.24. The molecule has 0 saturated carbocycles. The molecule has 1 N–H and O–H groups in total. The molecule has 4 aromatic rings. The van der Waals surface area contributed by atoms with Gasteiger partial charge in [0.1, 0.15) is 0 Å². The molecule has 1 amide bonds. The second-order valence-electron chi connectivity index (χ2n) is 6.47. The Morgan fingerprint density at radius 2 is 1.73 bits per heavy atom. The summed E-state index contributed by atoms with van der Waals surface area (Å²) in [6.07, 6.45) is -0.698. The van der Waals surface area contributed by atoms with Crippen LogP contribution in [0.2, 0.25) is 0 Å². The number of carbonyl (C=O) groups excluding carboxylic acids is 1. The largest absolute Gasteiger partial charge is 0.416 e. The first-order valence-corrected chi connectivity index (χ1v) is 10.2. The van der Waals surface area contributed by atoms with Crippen LogP contribution in [0.15, 0.2) is 75.9 Å². The van der Waals surface area contributed by atoms with Gasteiger partial charge in [0.2, 0.25) is 0 Å². The van der Waals surface area contributed by atoms with Crippen LogP contribution in [-0.2, 0) is 6.18 Å². The van der Waals surface area contributed by atoms with Gasteiger partial charge in [-0.05, 0) is 74.3 Å². The molecule has 0 atom stereocenters. The number of rotatable bonds is 3. The van der Waals surface area contributed by atoms with E-state index in [-0.39, 0.29) is 5.56 Å². The molecule has 0 fully saturated rings. The maximum absolute atomic E-state index is 12.7. The van der Waals surface area contributed by atoms with Crippen LogP contribution in [0.5, 0.6) is 0 Å². The minimum absolute atomic E-state index is 0.134. The number of aromatic nitrogens is 2. The third-order valence-electron chi connectivity index (χ3n) is 4.36. The Morgan fingerprint density at radius 1 is 1.00 bits per heavy atom. The van der Waals surface area contributed by atoms with Gasteiger partial charge < -0.3 is 9.72 Å². The Morgan fingerprint density at radius 3 is 2.43 bits per heavy atom. The lowest BCUT2D eigenvalue weighted by molar-refractivity contribution is -0.137. The Hall–Kier alpha value is -2.65. The Bertz CT molecular complexity index is 1250. The topological polar surface area (TPSA) is 46.4 Å². The third kappa shape index (κ3) is 4.27. The van der Waals surface area contributed by atoms with Crippen molar-refractivity contribution in [3.05, 3.63) is 87.1 Å². The molecular weight excluding hydrogens is 527 g/mol. The molecule has 2 aromatic carbocycles. The molecule has 4 rings (SSSR count). The lowest BCUT2D eigenvalue weighted by Gasteiger charge is -2.09. The SMILES string of the molecule is O=C(Nc1cccc(-c2cn3cc(Br)cc(Br)c3n2)c1)c1ccc(C(F)(F)F)cc1. The minimum Gasteiger partial charge on any atom is -0.322 e. The van der Waals surface area contributed by atoms with Crippen LogP contribution >= 0.6 is 31.9 Å². The van der Waals surface area contributed by atoms with Crippen LogP contribution in [0.3, 0.4) is 0 Å². The van der Waals surface area contributed by atoms with Crippen LogP contribution < -0.4 is 5.32 Å². The van der Waals surface area contributed by atoms with E-state index < -0.39 is 17.6 Å². The van der Waals surface area contributed by atoms with Crippen LogP contribution in [0.4, 0.5) is 18.9 Å². The van der Waals surface area contributed by atoms with Crippen molar-refractivity contribution in [3.8, 4) is 11.3 Å². The van der Waals surface area contributed by atoms with Gasteiger partial charge in [-0.25, -0.2) is 4.98 Å². The standard InChI is InChI=1S/C21H12Br2F3N3O/c22-15-9-17(23)19-28-18(11-29(19)10-15)13-2-1-3-16(8-13)27-20(30)12-4-6-14(7-5-12)21(24,25)26/h1-11H,(H,27,30). The zero-order valence-corrected chi connectivity index (χ0v) is 18.2. The number of halogens is 5. The summed E-state index contributed by atoms with van der Waals surface area (Å²) in [5.74, 6) is -0.498. The predicted octanol–water partition coefficient (Wildman–Crippen LogP) is 6.80. The number of amides is 1. The highest BCUT2D eigenvalue weighted by atomic mass is 79.9. The summed E-state index contributed by atoms with van der Waals surface area (Å²) in [5, 5.41) is 2.71. The monoisotopic (exact) mass is 537 g/mol. The highest BCUT2D eigenvalue weighted by molar-refractivity contribution is 9.11. The highest BCUT2D eigenvalue weighted by Crippen LogP contribution is 2.30. The first kappa shape index (κ1) is 20.6. The van der Waals surface area contributed by atoms with Gasteiger partial charge in [-0.3, -0.25) is 4.79 Å². The number of hydrogen-bond donors (Lipinski definition) is 1. The molecule has 0 aliphatic heterocycles. The normalized spacial score (nSPS) is 11.6. The van der Waals surface area contributed by atoms with Gasteiger partial charge in [-0.15, -0.1) is 0 Å². The van der Waals surface area contributed by atoms with Crippen molar-refractivity contribution in [3.63, 3.8) is 0 Å². The molecule has 0 unspecified atom stereocenters. The van der Waals surface area contributed by atoms with Crippen LogP contribution in [0.1, 0.15) is 15.9 Å². The lowest BCUT2D eigenvalue weighted by Crippen LogP contribution is -2.12. The fourth-order valence-corrected chi connectivity index (χ4v) is 4.23. The van der Waals surface area contributed by atoms with E-state index in [9.17, 15) is 18.0 Å². The van der Waals surface area contributed by atoms with Gasteiger partial charge in [0.15, 0.2) is 5.65 Å². The molecular formula is C21H12Br2F3N3O. The van der Waals surface area contributed by atoms with Crippen LogP contribution in [0.25, 0.3) is 16.9 Å². The van der Waals surface area contributed by atoms with Crippen molar-refractivity contribution in [1.82, 2.24) is 9.38 Å². The van der Waals surface area contributed by atoms with E-state index in [1.165, 1.54) is 0 Å². The maximum atomic E-state index is 12.7. The van der Waals surface area contributed by atoms with Crippen molar-refractivity contribution in [2.45, 2.75) is 6.18 Å². The summed E-state index contributed by atoms with van der Waals surface area (Å²) in [6, 6.07) is 13.1. The van der Waals surface area contributed by atoms with E-state index >= 15 is 0 Å². The zero-order chi connectivity index (χ0) is 21.5. The van der Waals surface area contributed by atoms with Crippen molar-refractivity contribution in [2.24, 2.45) is 0 Å². The minimum atomic E-state index is -4.44. The van der Waals surface area contributed by atoms with Gasteiger partial charge in [0, 0.05) is 33.7 Å². The van der Waals surface area contributed by atoms with E-state index in [2.05, 4.69) is 42.2 Å². The molecule has 2 heterocycles. The number of benzene rings is 2. The maximum Gasteiger partial charge on any atom is 0.416 e. The lowest BCUT2D eigenvalue weighted by atomic mass is 10.1.